The van der Waals surface area contributed by atoms with Crippen molar-refractivity contribution in [2.75, 3.05) is 84.7 Å². The molecule has 1 aromatic heterocycles. The second kappa shape index (κ2) is 12.1. The minimum Gasteiger partial charge on any atom is -0.371 e. The van der Waals surface area contributed by atoms with E-state index in [1.165, 1.54) is 5.69 Å². The summed E-state index contributed by atoms with van der Waals surface area (Å²) in [7, 11) is 2.16. The summed E-state index contributed by atoms with van der Waals surface area (Å²) in [5, 5.41) is 5.93. The number of hydrogen-bond acceptors (Lipinski definition) is 9. The minimum atomic E-state index is -0.273. The van der Waals surface area contributed by atoms with Crippen molar-refractivity contribution in [3.05, 3.63) is 54.6 Å². The highest BCUT2D eigenvalue weighted by Gasteiger charge is 2.37. The zero-order chi connectivity index (χ0) is 30.3. The molecule has 4 atom stereocenters. The zero-order valence-electron chi connectivity index (χ0n) is 25.9. The molecule has 0 radical (unpaired) electrons. The Balaban J connectivity index is 0.960. The third-order valence-electron chi connectivity index (χ3n) is 9.83. The summed E-state index contributed by atoms with van der Waals surface area (Å²) in [6, 6.07) is 17.8. The highest BCUT2D eigenvalue weighted by molar-refractivity contribution is 6.00. The van der Waals surface area contributed by atoms with Gasteiger partial charge in [0.1, 0.15) is 5.82 Å². The number of hydrogen-bond donors (Lipinski definition) is 2. The molecule has 11 nitrogen and oxygen atoms in total. The lowest BCUT2D eigenvalue weighted by atomic mass is 10.1. The molecular weight excluding hydrogens is 568 g/mol. The van der Waals surface area contributed by atoms with Crippen molar-refractivity contribution in [3.8, 4) is 11.3 Å². The molecule has 0 spiro atoms. The van der Waals surface area contributed by atoms with Crippen LogP contribution >= 0.6 is 0 Å². The summed E-state index contributed by atoms with van der Waals surface area (Å²) >= 11 is 0. The van der Waals surface area contributed by atoms with E-state index in [0.29, 0.717) is 5.69 Å². The van der Waals surface area contributed by atoms with Crippen LogP contribution in [0.2, 0.25) is 0 Å². The molecule has 5 saturated heterocycles. The predicted octanol–water partition coefficient (Wildman–Crippen LogP) is 4.27. The van der Waals surface area contributed by atoms with Crippen molar-refractivity contribution in [2.45, 2.75) is 50.1 Å². The Kier molecular flexibility index (Phi) is 7.68. The number of morpholine rings is 2. The number of rotatable bonds is 6. The molecule has 45 heavy (non-hydrogen) atoms. The maximum absolute atomic E-state index is 12.8. The molecular formula is C34H42N8O3. The number of benzene rings is 2. The first-order valence-electron chi connectivity index (χ1n) is 16.4. The summed E-state index contributed by atoms with van der Waals surface area (Å²) in [6.07, 6.45) is 5.49. The highest BCUT2D eigenvalue weighted by atomic mass is 16.5. The molecule has 2 amide bonds. The molecule has 4 unspecified atom stereocenters. The Morgan fingerprint density at radius 2 is 1.22 bits per heavy atom. The Hall–Kier alpha value is -3.93. The van der Waals surface area contributed by atoms with E-state index in [0.717, 1.165) is 107 Å². The van der Waals surface area contributed by atoms with Gasteiger partial charge in [-0.2, -0.15) is 4.98 Å². The fraction of sp³-hybridized carbons (Fsp3) is 0.500. The highest BCUT2D eigenvalue weighted by Crippen LogP contribution is 2.34. The van der Waals surface area contributed by atoms with Crippen LogP contribution in [0.25, 0.3) is 11.3 Å². The van der Waals surface area contributed by atoms with Crippen LogP contribution < -0.4 is 25.3 Å². The van der Waals surface area contributed by atoms with Gasteiger partial charge in [-0.25, -0.2) is 9.78 Å². The predicted molar refractivity (Wildman–Crippen MR) is 176 cm³/mol. The van der Waals surface area contributed by atoms with E-state index < -0.39 is 0 Å². The fourth-order valence-electron chi connectivity index (χ4n) is 7.29. The second-order valence-corrected chi connectivity index (χ2v) is 13.1. The van der Waals surface area contributed by atoms with E-state index in [9.17, 15) is 4.79 Å². The lowest BCUT2D eigenvalue weighted by molar-refractivity contribution is 0.0295. The summed E-state index contributed by atoms with van der Waals surface area (Å²) < 4.78 is 12.2. The smallest absolute Gasteiger partial charge is 0.323 e. The van der Waals surface area contributed by atoms with E-state index in [1.807, 2.05) is 36.4 Å². The second-order valence-electron chi connectivity index (χ2n) is 13.1. The normalized spacial score (nSPS) is 26.3. The van der Waals surface area contributed by atoms with Crippen LogP contribution in [0, 0.1) is 0 Å². The fourth-order valence-corrected chi connectivity index (χ4v) is 7.29. The number of carbonyl (C=O) groups excluding carboxylic acids is 1. The number of aromatic nitrogens is 2. The lowest BCUT2D eigenvalue weighted by Crippen LogP contribution is -2.45. The monoisotopic (exact) mass is 610 g/mol. The van der Waals surface area contributed by atoms with Gasteiger partial charge in [0.05, 0.1) is 30.1 Å². The first kappa shape index (κ1) is 28.5. The molecule has 236 valence electrons. The van der Waals surface area contributed by atoms with Crippen LogP contribution in [0.4, 0.5) is 33.6 Å². The maximum atomic E-state index is 12.8. The zero-order valence-corrected chi connectivity index (χ0v) is 25.9. The molecule has 2 aromatic carbocycles. The van der Waals surface area contributed by atoms with Gasteiger partial charge >= 0.3 is 6.03 Å². The van der Waals surface area contributed by atoms with Crippen molar-refractivity contribution in [3.63, 3.8) is 0 Å². The summed E-state index contributed by atoms with van der Waals surface area (Å²) in [5.41, 5.74) is 4.52. The number of likely N-dealkylation sites (N-methyl/N-ethyl adjacent to an activating group) is 1. The largest absolute Gasteiger partial charge is 0.371 e. The van der Waals surface area contributed by atoms with E-state index in [2.05, 4.69) is 55.5 Å². The van der Waals surface area contributed by atoms with Gasteiger partial charge in [-0.05, 0) is 69.1 Å². The van der Waals surface area contributed by atoms with Crippen molar-refractivity contribution in [2.24, 2.45) is 0 Å². The summed E-state index contributed by atoms with van der Waals surface area (Å²) in [4.78, 5) is 32.4. The Labute approximate surface area is 264 Å². The van der Waals surface area contributed by atoms with Crippen LogP contribution in [-0.2, 0) is 9.47 Å². The molecule has 5 aliphatic heterocycles. The lowest BCUT2D eigenvalue weighted by Gasteiger charge is -2.35. The molecule has 0 aliphatic carbocycles. The standard InChI is InChI=1S/C34H42N8O3/c1-39-14-16-40(17-15-39)26-8-6-25(7-9-26)36-34(43)35-24-4-2-23(3-5-24)31-18-32(41-19-27-10-11-28(20-41)44-27)38-33(37-31)42-21-29-12-13-30(22-42)45-29/h2-9,18,27-30H,10-17,19-22H2,1H3,(H2,35,36,43). The van der Waals surface area contributed by atoms with Crippen LogP contribution in [-0.4, -0.2) is 105 Å². The number of amides is 2. The van der Waals surface area contributed by atoms with Gasteiger partial charge in [0.2, 0.25) is 5.95 Å². The number of nitrogens with zero attached hydrogens (tertiary/aromatic N) is 6. The van der Waals surface area contributed by atoms with E-state index in [4.69, 9.17) is 19.4 Å². The molecule has 3 aromatic rings. The number of anilines is 5. The van der Waals surface area contributed by atoms with Gasteiger partial charge in [0, 0.05) is 81.1 Å². The third-order valence-corrected chi connectivity index (χ3v) is 9.83. The van der Waals surface area contributed by atoms with Crippen molar-refractivity contribution >= 4 is 34.9 Å². The Morgan fingerprint density at radius 1 is 0.689 bits per heavy atom. The number of ether oxygens (including phenoxy) is 2. The maximum Gasteiger partial charge on any atom is 0.323 e. The van der Waals surface area contributed by atoms with Crippen molar-refractivity contribution < 1.29 is 14.3 Å². The average molecular weight is 611 g/mol. The Morgan fingerprint density at radius 3 is 1.80 bits per heavy atom. The number of fused-ring (bicyclic) bond motifs is 4. The third kappa shape index (κ3) is 6.29. The molecule has 5 aliphatic rings. The van der Waals surface area contributed by atoms with Crippen LogP contribution in [0.3, 0.4) is 0 Å². The van der Waals surface area contributed by atoms with Crippen molar-refractivity contribution in [1.82, 2.24) is 14.9 Å². The number of nitrogens with one attached hydrogen (secondary N) is 2. The summed E-state index contributed by atoms with van der Waals surface area (Å²) in [6.45, 7) is 7.51. The number of urea groups is 1. The molecule has 11 heteroatoms. The Bertz CT molecular complexity index is 1440. The number of piperazine rings is 1. The van der Waals surface area contributed by atoms with Gasteiger partial charge in [-0.3, -0.25) is 0 Å². The molecule has 6 heterocycles. The van der Waals surface area contributed by atoms with E-state index in [-0.39, 0.29) is 30.4 Å². The molecule has 2 N–H and O–H groups in total. The first-order valence-corrected chi connectivity index (χ1v) is 16.4. The topological polar surface area (TPSA) is 98.3 Å². The molecule has 4 bridgehead atoms. The van der Waals surface area contributed by atoms with Crippen LogP contribution in [0.15, 0.2) is 54.6 Å². The minimum absolute atomic E-state index is 0.255. The van der Waals surface area contributed by atoms with Gasteiger partial charge < -0.3 is 39.7 Å². The molecule has 5 fully saturated rings. The van der Waals surface area contributed by atoms with Crippen LogP contribution in [0.1, 0.15) is 25.7 Å². The van der Waals surface area contributed by atoms with Crippen LogP contribution in [0.5, 0.6) is 0 Å². The van der Waals surface area contributed by atoms with Gasteiger partial charge in [0.25, 0.3) is 0 Å². The summed E-state index contributed by atoms with van der Waals surface area (Å²) in [5.74, 6) is 1.72. The molecule has 0 saturated carbocycles. The van der Waals surface area contributed by atoms with Gasteiger partial charge in [-0.15, -0.1) is 0 Å². The van der Waals surface area contributed by atoms with Gasteiger partial charge in [0.15, 0.2) is 0 Å². The average Bonchev–Trinajstić information content (AvgIpc) is 3.59. The van der Waals surface area contributed by atoms with Gasteiger partial charge in [-0.1, -0.05) is 12.1 Å². The quantitative estimate of drug-likeness (QED) is 0.424. The van der Waals surface area contributed by atoms with E-state index in [1.54, 1.807) is 0 Å². The first-order chi connectivity index (χ1) is 22.0. The number of carbonyl (C=O) groups is 1. The van der Waals surface area contributed by atoms with E-state index >= 15 is 0 Å². The SMILES string of the molecule is CN1CCN(c2ccc(NC(=O)Nc3ccc(-c4cc(N5CC6CCC(C5)O6)nc(N5CC6CCC(C5)O6)n4)cc3)cc2)CC1. The molecule has 8 rings (SSSR count). The van der Waals surface area contributed by atoms with Crippen molar-refractivity contribution in [1.29, 1.82) is 0 Å².